The third-order valence-corrected chi connectivity index (χ3v) is 10.1. The van der Waals surface area contributed by atoms with Crippen LogP contribution in [-0.2, 0) is 19.4 Å². The number of ether oxygens (including phenoxy) is 1. The number of imidazole rings is 1. The first-order chi connectivity index (χ1) is 24.2. The number of aryl methyl sites for hydroxylation is 1. The van der Waals surface area contributed by atoms with Crippen molar-refractivity contribution in [2.75, 3.05) is 0 Å². The Morgan fingerprint density at radius 2 is 1.39 bits per heavy atom. The minimum atomic E-state index is 0.360. The van der Waals surface area contributed by atoms with Gasteiger partial charge in [-0.15, -0.1) is 0 Å². The Morgan fingerprint density at radius 3 is 2.10 bits per heavy atom. The van der Waals surface area contributed by atoms with Gasteiger partial charge in [0, 0.05) is 6.20 Å². The number of nitrogens with zero attached hydrogens (tertiary/aromatic N) is 4. The molecule has 0 saturated heterocycles. The number of fused-ring (bicyclic) bond motifs is 4. The first-order valence-electron chi connectivity index (χ1n) is 17.1. The van der Waals surface area contributed by atoms with Crippen LogP contribution >= 0.6 is 0 Å². The van der Waals surface area contributed by atoms with Crippen LogP contribution in [0.3, 0.4) is 0 Å². The van der Waals surface area contributed by atoms with Gasteiger partial charge in [-0.3, -0.25) is 0 Å². The molecule has 0 N–H and O–H groups in total. The van der Waals surface area contributed by atoms with Crippen LogP contribution in [-0.4, -0.2) is 18.7 Å². The molecule has 0 aliphatic heterocycles. The Bertz CT molecular complexity index is 2620. The minimum absolute atomic E-state index is 0.360. The monoisotopic (exact) mass is 820 g/mol. The number of aromatic nitrogens is 4. The molecule has 6 heteroatoms. The van der Waals surface area contributed by atoms with Crippen molar-refractivity contribution in [2.45, 2.75) is 46.5 Å². The summed E-state index contributed by atoms with van der Waals surface area (Å²) in [5.41, 5.74) is 9.95. The van der Waals surface area contributed by atoms with Crippen molar-refractivity contribution in [2.24, 2.45) is 0 Å². The van der Waals surface area contributed by atoms with Crippen molar-refractivity contribution in [3.05, 3.63) is 148 Å². The van der Waals surface area contributed by atoms with Gasteiger partial charge in [0.15, 0.2) is 0 Å². The average Bonchev–Trinajstić information content (AvgIpc) is 3.58. The van der Waals surface area contributed by atoms with Gasteiger partial charge in [0.2, 0.25) is 0 Å². The molecule has 3 aromatic heterocycles. The number of pyridine rings is 1. The molecule has 5 nitrogen and oxygen atoms in total. The molecule has 0 aliphatic rings. The molecule has 0 unspecified atom stereocenters. The summed E-state index contributed by atoms with van der Waals surface area (Å²) in [6.07, 6.45) is 1.67. The van der Waals surface area contributed by atoms with Gasteiger partial charge < -0.3 is 0 Å². The Morgan fingerprint density at radius 1 is 0.694 bits per heavy atom. The fourth-order valence-electron chi connectivity index (χ4n) is 6.89. The average molecular weight is 821 g/mol. The predicted molar refractivity (Wildman–Crippen MR) is 195 cm³/mol. The third-order valence-electron chi connectivity index (χ3n) is 9.08. The van der Waals surface area contributed by atoms with E-state index < -0.39 is 0 Å². The molecule has 0 atom stereocenters. The van der Waals surface area contributed by atoms with Gasteiger partial charge >= 0.3 is 268 Å². The molecule has 0 aliphatic carbocycles. The fraction of sp³-hybridized carbons (Fsp3) is 0.163. The second-order valence-electron chi connectivity index (χ2n) is 13.1. The molecular weight excluding hydrogens is 784 g/mol. The number of rotatable bonds is 7. The van der Waals surface area contributed by atoms with Crippen LogP contribution in [0.4, 0.5) is 0 Å². The summed E-state index contributed by atoms with van der Waals surface area (Å²) in [7, 11) is 0. The van der Waals surface area contributed by atoms with Crippen molar-refractivity contribution >= 4 is 32.8 Å². The molecule has 0 radical (unpaired) electrons. The van der Waals surface area contributed by atoms with E-state index in [4.69, 9.17) is 6.11 Å². The maximum absolute atomic E-state index is 8.23. The van der Waals surface area contributed by atoms with Gasteiger partial charge in [-0.25, -0.2) is 0 Å². The topological polar surface area (TPSA) is 36.9 Å². The van der Waals surface area contributed by atoms with Gasteiger partial charge in [0.1, 0.15) is 0 Å². The van der Waals surface area contributed by atoms with Crippen LogP contribution in [0.25, 0.3) is 50.0 Å². The second-order valence-corrected chi connectivity index (χ2v) is 14.1. The Balaban J connectivity index is 1.28. The Kier molecular flexibility index (Phi) is 7.66. The van der Waals surface area contributed by atoms with E-state index in [1.54, 1.807) is 18.3 Å². The number of benzene rings is 5. The molecule has 3 heterocycles. The Labute approximate surface area is 298 Å². The first kappa shape index (κ1) is 30.1. The van der Waals surface area contributed by atoms with Crippen LogP contribution in [0, 0.1) is 22.9 Å². The van der Waals surface area contributed by atoms with Crippen molar-refractivity contribution in [3.63, 3.8) is 0 Å². The zero-order valence-electron chi connectivity index (χ0n) is 29.1. The maximum atomic E-state index is 8.23. The number of para-hydroxylation sites is 4. The molecule has 0 spiro atoms. The summed E-state index contributed by atoms with van der Waals surface area (Å²) >= 11 is 2.47. The van der Waals surface area contributed by atoms with Gasteiger partial charge in [-0.2, -0.15) is 0 Å². The van der Waals surface area contributed by atoms with Crippen LogP contribution in [0.2, 0.25) is 0 Å². The Hall–Kier alpha value is -4.99. The van der Waals surface area contributed by atoms with Crippen LogP contribution < -0.4 is 4.74 Å². The zero-order chi connectivity index (χ0) is 34.7. The van der Waals surface area contributed by atoms with Crippen molar-refractivity contribution in [1.29, 1.82) is 0 Å². The first-order valence-corrected chi connectivity index (χ1v) is 17.7. The van der Waals surface area contributed by atoms with E-state index >= 15 is 0 Å². The van der Waals surface area contributed by atoms with Crippen LogP contribution in [0.1, 0.15) is 57.6 Å². The predicted octanol–water partition coefficient (Wildman–Crippen LogP) is 10.9. The number of hydrogen-bond acceptors (Lipinski definition) is 2. The summed E-state index contributed by atoms with van der Waals surface area (Å²) in [5.74, 6) is 2.57. The van der Waals surface area contributed by atoms with E-state index in [-0.39, 0.29) is 0 Å². The standard InChI is InChI=1S/C43H36N4O.Pt/c1-28(2)34-14-12-15-35(29(3)4)43(34)46-27-45(39-17-8-9-18-40(39)46)31-23-30(5)24-33(25-31)48-32-20-21-37-36-13-6-7-16-38(36)47(41(37)26-32)42-19-10-11-22-44-42;/h6-24,28-29H,1-5H3;/q-2;/i10D;. The molecule has 0 saturated carbocycles. The van der Waals surface area contributed by atoms with E-state index in [0.717, 1.165) is 47.9 Å². The van der Waals surface area contributed by atoms with Crippen molar-refractivity contribution < 1.29 is 25.5 Å². The van der Waals surface area contributed by atoms with Gasteiger partial charge in [-0.1, -0.05) is 18.2 Å². The normalized spacial score (nSPS) is 12.1. The molecule has 0 fully saturated rings. The molecule has 49 heavy (non-hydrogen) atoms. The second kappa shape index (κ2) is 12.5. The van der Waals surface area contributed by atoms with E-state index in [1.165, 1.54) is 16.8 Å². The van der Waals surface area contributed by atoms with Crippen molar-refractivity contribution in [1.82, 2.24) is 18.7 Å². The van der Waals surface area contributed by atoms with E-state index in [0.29, 0.717) is 35.2 Å². The van der Waals surface area contributed by atoms with E-state index in [2.05, 4.69) is 152 Å². The molecule has 8 rings (SSSR count). The molecule has 5 aromatic carbocycles. The fourth-order valence-corrected chi connectivity index (χ4v) is 7.97. The van der Waals surface area contributed by atoms with E-state index in [1.807, 2.05) is 24.3 Å². The van der Waals surface area contributed by atoms with Crippen LogP contribution in [0.15, 0.2) is 115 Å². The zero-order valence-corrected chi connectivity index (χ0v) is 30.3. The molecule has 0 bridgehead atoms. The quantitative estimate of drug-likeness (QED) is 0.150. The van der Waals surface area contributed by atoms with Gasteiger partial charge in [-0.05, 0) is 6.07 Å². The molecular formula is C43H36N4OPt-2. The van der Waals surface area contributed by atoms with Gasteiger partial charge in [0.05, 0.1) is 1.37 Å². The third kappa shape index (κ3) is 5.37. The molecule has 0 amide bonds. The van der Waals surface area contributed by atoms with Crippen LogP contribution in [0.5, 0.6) is 11.5 Å². The van der Waals surface area contributed by atoms with Gasteiger partial charge in [0.25, 0.3) is 0 Å². The summed E-state index contributed by atoms with van der Waals surface area (Å²) < 4.78 is 22.6. The summed E-state index contributed by atoms with van der Waals surface area (Å²) in [4.78, 5) is 4.61. The summed E-state index contributed by atoms with van der Waals surface area (Å²) in [5, 5.41) is 2.13. The summed E-state index contributed by atoms with van der Waals surface area (Å²) in [6.45, 7) is 11.2. The molecule has 246 valence electrons. The molecule has 8 aromatic rings. The van der Waals surface area contributed by atoms with E-state index in [9.17, 15) is 0 Å². The van der Waals surface area contributed by atoms with Crippen molar-refractivity contribution in [3.8, 4) is 28.7 Å². The SMILES string of the molecule is [2H]c1ccnc(-n2c3[c-]c(Oc4[c-]c(-n5[c](=[Pt])n(-c6c(C(C)C)cccc6C(C)C)c6ccccc65)cc(C)c4)ccc3c3ccccc32)c1. The summed E-state index contributed by atoms with van der Waals surface area (Å²) in [6, 6.07) is 42.8. The number of hydrogen-bond donors (Lipinski definition) is 0.